The summed E-state index contributed by atoms with van der Waals surface area (Å²) in [5, 5.41) is 41.5. The molecule has 2 aromatic rings. The second kappa shape index (κ2) is 10.6. The van der Waals surface area contributed by atoms with Gasteiger partial charge in [-0.3, -0.25) is 0 Å². The van der Waals surface area contributed by atoms with Gasteiger partial charge in [-0.15, -0.1) is 0 Å². The molecule has 1 aliphatic rings. The summed E-state index contributed by atoms with van der Waals surface area (Å²) >= 11 is 5.04. The average molecular weight is 489 g/mol. The predicted molar refractivity (Wildman–Crippen MR) is 113 cm³/mol. The Balaban J connectivity index is 1.50. The van der Waals surface area contributed by atoms with Crippen molar-refractivity contribution < 1.29 is 47.8 Å². The summed E-state index contributed by atoms with van der Waals surface area (Å²) in [6.45, 7) is -0.506. The smallest absolute Gasteiger partial charge is 0.416 e. The first-order valence-corrected chi connectivity index (χ1v) is 10.2. The first-order chi connectivity index (χ1) is 15.6. The van der Waals surface area contributed by atoms with E-state index in [1.807, 2.05) is 0 Å². The number of hydrogen-bond donors (Lipinski definition) is 5. The zero-order valence-corrected chi connectivity index (χ0v) is 17.8. The molecule has 0 aromatic heterocycles. The van der Waals surface area contributed by atoms with Gasteiger partial charge >= 0.3 is 6.18 Å². The van der Waals surface area contributed by atoms with Crippen molar-refractivity contribution in [3.63, 3.8) is 0 Å². The van der Waals surface area contributed by atoms with E-state index in [0.717, 1.165) is 12.1 Å². The molecule has 33 heavy (non-hydrogen) atoms. The minimum absolute atomic E-state index is 0.0311. The van der Waals surface area contributed by atoms with Crippen LogP contribution in [0.3, 0.4) is 0 Å². The van der Waals surface area contributed by atoms with E-state index in [0.29, 0.717) is 11.3 Å². The third-order valence-corrected chi connectivity index (χ3v) is 5.07. The number of thiocarbonyl (C=S) groups is 1. The summed E-state index contributed by atoms with van der Waals surface area (Å²) in [4.78, 5) is 0. The molecule has 2 aromatic carbocycles. The van der Waals surface area contributed by atoms with E-state index in [-0.39, 0.29) is 17.5 Å². The van der Waals surface area contributed by atoms with Crippen molar-refractivity contribution >= 4 is 23.1 Å². The molecule has 8 nitrogen and oxygen atoms in total. The first kappa shape index (κ1) is 25.1. The van der Waals surface area contributed by atoms with Gasteiger partial charge in [0, 0.05) is 5.69 Å². The fourth-order valence-corrected chi connectivity index (χ4v) is 3.19. The third kappa shape index (κ3) is 6.53. The maximum atomic E-state index is 12.6. The number of alkyl halides is 3. The van der Waals surface area contributed by atoms with E-state index in [1.54, 1.807) is 24.3 Å². The normalized spacial score (nSPS) is 25.4. The Morgan fingerprint density at radius 1 is 0.970 bits per heavy atom. The molecule has 1 aliphatic heterocycles. The van der Waals surface area contributed by atoms with Crippen molar-refractivity contribution in [2.75, 3.05) is 11.9 Å². The maximum Gasteiger partial charge on any atom is 0.416 e. The topological polar surface area (TPSA) is 121 Å². The fraction of sp³-hybridized carbons (Fsp3) is 0.381. The number of benzene rings is 2. The van der Waals surface area contributed by atoms with E-state index in [2.05, 4.69) is 5.32 Å². The number of aliphatic hydroxyl groups is 4. The van der Waals surface area contributed by atoms with Gasteiger partial charge in [0.25, 0.3) is 5.17 Å². The van der Waals surface area contributed by atoms with Gasteiger partial charge in [-0.25, -0.2) is 0 Å². The highest BCUT2D eigenvalue weighted by atomic mass is 32.1. The van der Waals surface area contributed by atoms with Crippen LogP contribution < -0.4 is 10.1 Å². The molecule has 1 heterocycles. The van der Waals surface area contributed by atoms with Crippen LogP contribution in [0.2, 0.25) is 0 Å². The summed E-state index contributed by atoms with van der Waals surface area (Å²) in [5.41, 5.74) is 0.259. The molecule has 1 saturated heterocycles. The monoisotopic (exact) mass is 489 g/mol. The van der Waals surface area contributed by atoms with Crippen LogP contribution in [0.15, 0.2) is 48.5 Å². The molecular weight excluding hydrogens is 467 g/mol. The largest absolute Gasteiger partial charge is 0.466 e. The molecule has 5 N–H and O–H groups in total. The number of halogens is 3. The Morgan fingerprint density at radius 3 is 2.18 bits per heavy atom. The number of anilines is 1. The van der Waals surface area contributed by atoms with Crippen molar-refractivity contribution in [1.82, 2.24) is 0 Å². The number of aliphatic hydroxyl groups excluding tert-OH is 4. The average Bonchev–Trinajstić information content (AvgIpc) is 2.78. The van der Waals surface area contributed by atoms with Gasteiger partial charge in [0.2, 0.25) is 6.29 Å². The molecule has 5 atom stereocenters. The lowest BCUT2D eigenvalue weighted by atomic mass is 9.99. The van der Waals surface area contributed by atoms with Gasteiger partial charge < -0.3 is 40.0 Å². The van der Waals surface area contributed by atoms with Crippen LogP contribution in [0.25, 0.3) is 0 Å². The quantitative estimate of drug-likeness (QED) is 0.387. The zero-order valence-electron chi connectivity index (χ0n) is 17.0. The highest BCUT2D eigenvalue weighted by Gasteiger charge is 2.44. The van der Waals surface area contributed by atoms with Crippen LogP contribution in [-0.2, 0) is 22.3 Å². The second-order valence-corrected chi connectivity index (χ2v) is 7.61. The Hall–Kier alpha value is -2.48. The molecule has 0 saturated carbocycles. The molecule has 0 radical (unpaired) electrons. The van der Waals surface area contributed by atoms with Crippen molar-refractivity contribution in [1.29, 1.82) is 0 Å². The number of rotatable bonds is 6. The maximum absolute atomic E-state index is 12.6. The van der Waals surface area contributed by atoms with Crippen molar-refractivity contribution in [3.05, 3.63) is 59.7 Å². The van der Waals surface area contributed by atoms with Crippen LogP contribution in [0.5, 0.6) is 5.75 Å². The second-order valence-electron chi connectivity index (χ2n) is 7.24. The predicted octanol–water partition coefficient (Wildman–Crippen LogP) is 1.80. The van der Waals surface area contributed by atoms with Crippen LogP contribution >= 0.6 is 12.2 Å². The van der Waals surface area contributed by atoms with Crippen molar-refractivity contribution in [2.24, 2.45) is 0 Å². The summed E-state index contributed by atoms with van der Waals surface area (Å²) in [6.07, 6.45) is -11.4. The van der Waals surface area contributed by atoms with Crippen molar-refractivity contribution in [3.8, 4) is 5.75 Å². The zero-order chi connectivity index (χ0) is 24.2. The van der Waals surface area contributed by atoms with Gasteiger partial charge in [0.1, 0.15) is 36.8 Å². The Labute approximate surface area is 192 Å². The van der Waals surface area contributed by atoms with Gasteiger partial charge in [-0.1, -0.05) is 12.1 Å². The Bertz CT molecular complexity index is 925. The number of nitrogens with one attached hydrogen (secondary N) is 1. The van der Waals surface area contributed by atoms with E-state index >= 15 is 0 Å². The lowest BCUT2D eigenvalue weighted by Crippen LogP contribution is -2.60. The Morgan fingerprint density at radius 2 is 1.61 bits per heavy atom. The minimum Gasteiger partial charge on any atom is -0.466 e. The van der Waals surface area contributed by atoms with E-state index in [9.17, 15) is 33.6 Å². The lowest BCUT2D eigenvalue weighted by molar-refractivity contribution is -0.277. The van der Waals surface area contributed by atoms with Crippen molar-refractivity contribution in [2.45, 2.75) is 43.5 Å². The van der Waals surface area contributed by atoms with E-state index < -0.39 is 49.1 Å². The molecule has 12 heteroatoms. The molecule has 0 aliphatic carbocycles. The molecule has 3 rings (SSSR count). The molecule has 1 fully saturated rings. The lowest BCUT2D eigenvalue weighted by Gasteiger charge is -2.39. The van der Waals surface area contributed by atoms with Crippen LogP contribution in [0.1, 0.15) is 11.1 Å². The molecule has 0 amide bonds. The highest BCUT2D eigenvalue weighted by Crippen LogP contribution is 2.30. The first-order valence-electron chi connectivity index (χ1n) is 9.75. The standard InChI is InChI=1S/C21H22F3NO7S/c22-21(23,24)12-3-5-13(6-4-12)25-20(33)30-10-11-1-7-14(8-2-11)31-19-18(29)17(28)16(27)15(9-26)32-19/h1-8,15-19,26-29H,9-10H2,(H,25,33)/t15-,16+,17+,18-,19-/m1/s1. The SMILES string of the molecule is OC[C@H]1O[C@@H](Oc2ccc(COC(=S)Nc3ccc(C(F)(F)F)cc3)cc2)[C@H](O)[C@@H](O)[C@H]1O. The Kier molecular flexibility index (Phi) is 8.10. The fourth-order valence-electron chi connectivity index (χ4n) is 3.01. The molecule has 180 valence electrons. The van der Waals surface area contributed by atoms with Crippen LogP contribution in [0.4, 0.5) is 18.9 Å². The van der Waals surface area contributed by atoms with Gasteiger partial charge in [-0.2, -0.15) is 13.2 Å². The number of hydrogen-bond acceptors (Lipinski definition) is 8. The molecule has 0 bridgehead atoms. The van der Waals surface area contributed by atoms with Gasteiger partial charge in [0.15, 0.2) is 0 Å². The van der Waals surface area contributed by atoms with E-state index in [4.69, 9.17) is 26.4 Å². The summed E-state index contributed by atoms with van der Waals surface area (Å²) in [6, 6.07) is 10.7. The van der Waals surface area contributed by atoms with Gasteiger partial charge in [-0.05, 0) is 54.2 Å². The molecular formula is C21H22F3NO7S. The molecule has 0 unspecified atom stereocenters. The van der Waals surface area contributed by atoms with Gasteiger partial charge in [0.05, 0.1) is 12.2 Å². The summed E-state index contributed by atoms with van der Waals surface area (Å²) < 4.78 is 54.0. The summed E-state index contributed by atoms with van der Waals surface area (Å²) in [7, 11) is 0. The third-order valence-electron chi connectivity index (χ3n) is 4.85. The van der Waals surface area contributed by atoms with Crippen LogP contribution in [-0.4, -0.2) is 62.9 Å². The molecule has 0 spiro atoms. The van der Waals surface area contributed by atoms with E-state index in [1.165, 1.54) is 12.1 Å². The number of ether oxygens (including phenoxy) is 3. The van der Waals surface area contributed by atoms with Crippen LogP contribution in [0, 0.1) is 0 Å². The highest BCUT2D eigenvalue weighted by molar-refractivity contribution is 7.80. The minimum atomic E-state index is -4.42. The summed E-state index contributed by atoms with van der Waals surface area (Å²) in [5.74, 6) is 0.286.